The average molecular weight is 194 g/mol. The van der Waals surface area contributed by atoms with E-state index in [2.05, 4.69) is 43.8 Å². The molecule has 0 saturated carbocycles. The Bertz CT molecular complexity index is 215. The number of nitrogens with zero attached hydrogens (tertiary/aromatic N) is 1. The topological polar surface area (TPSA) is 3.01 Å². The van der Waals surface area contributed by atoms with Crippen LogP contribution in [0.2, 0.25) is 0 Å². The third-order valence-corrected chi connectivity index (χ3v) is 3.25. The van der Waals surface area contributed by atoms with Crippen molar-refractivity contribution in [2.45, 2.75) is 58.9 Å². The first-order valence-corrected chi connectivity index (χ1v) is 6.07. The van der Waals surface area contributed by atoms with Crippen LogP contribution in [0.4, 0.5) is 0 Å². The summed E-state index contributed by atoms with van der Waals surface area (Å²) < 4.78 is 2.38. The summed E-state index contributed by atoms with van der Waals surface area (Å²) in [5.74, 6) is 0.889. The smallest absolute Gasteiger partial charge is 0.175 e. The Hall–Kier alpha value is -0.590. The molecule has 1 nitrogen and oxygen atoms in total. The second-order valence-electron chi connectivity index (χ2n) is 4.47. The molecule has 1 aliphatic rings. The van der Waals surface area contributed by atoms with Gasteiger partial charge in [0.25, 0.3) is 0 Å². The van der Waals surface area contributed by atoms with Gasteiger partial charge in [0.15, 0.2) is 18.5 Å². The lowest BCUT2D eigenvalue weighted by molar-refractivity contribution is -0.507. The fraction of sp³-hybridized carbons (Fsp3) is 0.769. The highest BCUT2D eigenvalue weighted by Crippen LogP contribution is 2.17. The molecule has 1 heterocycles. The van der Waals surface area contributed by atoms with Crippen LogP contribution in [0.25, 0.3) is 0 Å². The van der Waals surface area contributed by atoms with E-state index in [4.69, 9.17) is 0 Å². The molecular formula is C13H24N+. The Labute approximate surface area is 88.5 Å². The Morgan fingerprint density at radius 2 is 1.86 bits per heavy atom. The van der Waals surface area contributed by atoms with E-state index in [9.17, 15) is 0 Å². The van der Waals surface area contributed by atoms with Crippen molar-refractivity contribution in [3.05, 3.63) is 12.3 Å². The van der Waals surface area contributed by atoms with Crippen molar-refractivity contribution in [3.63, 3.8) is 0 Å². The predicted molar refractivity (Wildman–Crippen MR) is 62.8 cm³/mol. The van der Waals surface area contributed by atoms with E-state index >= 15 is 0 Å². The summed E-state index contributed by atoms with van der Waals surface area (Å²) in [6.45, 7) is 6.92. The lowest BCUT2D eigenvalue weighted by Crippen LogP contribution is -2.26. The number of allylic oxidation sites excluding steroid dienone is 1. The zero-order chi connectivity index (χ0) is 10.4. The van der Waals surface area contributed by atoms with E-state index in [0.29, 0.717) is 0 Å². The highest BCUT2D eigenvalue weighted by Gasteiger charge is 2.21. The summed E-state index contributed by atoms with van der Waals surface area (Å²) in [4.78, 5) is 0. The van der Waals surface area contributed by atoms with Crippen molar-refractivity contribution in [2.75, 3.05) is 0 Å². The van der Waals surface area contributed by atoms with E-state index in [0.717, 1.165) is 12.0 Å². The van der Waals surface area contributed by atoms with Crippen LogP contribution >= 0.6 is 0 Å². The normalized spacial score (nSPS) is 18.6. The molecule has 0 fully saturated rings. The molecule has 2 atom stereocenters. The molecule has 0 bridgehead atoms. The Morgan fingerprint density at radius 1 is 1.14 bits per heavy atom. The van der Waals surface area contributed by atoms with Crippen LogP contribution in [0.5, 0.6) is 0 Å². The highest BCUT2D eigenvalue weighted by molar-refractivity contribution is 5.69. The molecule has 2 unspecified atom stereocenters. The second kappa shape index (κ2) is 6.00. The van der Waals surface area contributed by atoms with Crippen molar-refractivity contribution in [3.8, 4) is 0 Å². The van der Waals surface area contributed by atoms with Gasteiger partial charge in [0.2, 0.25) is 0 Å². The van der Waals surface area contributed by atoms with Crippen LogP contribution in [-0.2, 0) is 0 Å². The minimum absolute atomic E-state index is 0.763. The Kier molecular flexibility index (Phi) is 4.92. The quantitative estimate of drug-likeness (QED) is 0.545. The van der Waals surface area contributed by atoms with Crippen molar-refractivity contribution >= 4 is 6.21 Å². The van der Waals surface area contributed by atoms with E-state index in [1.165, 1.54) is 32.1 Å². The van der Waals surface area contributed by atoms with Crippen molar-refractivity contribution in [2.24, 2.45) is 5.92 Å². The van der Waals surface area contributed by atoms with Gasteiger partial charge in [-0.3, -0.25) is 0 Å². The van der Waals surface area contributed by atoms with Crippen molar-refractivity contribution in [1.82, 2.24) is 0 Å². The van der Waals surface area contributed by atoms with Gasteiger partial charge in [-0.05, 0) is 18.8 Å². The fourth-order valence-corrected chi connectivity index (χ4v) is 1.89. The molecule has 1 rings (SSSR count). The van der Waals surface area contributed by atoms with E-state index in [1.54, 1.807) is 0 Å². The minimum Gasteiger partial charge on any atom is -0.202 e. The zero-order valence-corrected chi connectivity index (χ0v) is 9.87. The Morgan fingerprint density at radius 3 is 2.29 bits per heavy atom. The van der Waals surface area contributed by atoms with Gasteiger partial charge in [-0.15, -0.1) is 0 Å². The van der Waals surface area contributed by atoms with Gasteiger partial charge >= 0.3 is 0 Å². The maximum Gasteiger partial charge on any atom is 0.175 e. The van der Waals surface area contributed by atoms with E-state index < -0.39 is 0 Å². The highest BCUT2D eigenvalue weighted by atomic mass is 15.0. The van der Waals surface area contributed by atoms with Gasteiger partial charge in [0.05, 0.1) is 6.08 Å². The molecular weight excluding hydrogens is 170 g/mol. The number of hydrogen-bond acceptors (Lipinski definition) is 0. The summed E-state index contributed by atoms with van der Waals surface area (Å²) in [7, 11) is 0. The third-order valence-electron chi connectivity index (χ3n) is 3.25. The molecule has 0 aromatic rings. The molecule has 0 radical (unpaired) electrons. The molecule has 80 valence electrons. The molecule has 0 amide bonds. The van der Waals surface area contributed by atoms with Gasteiger partial charge in [0, 0.05) is 12.8 Å². The van der Waals surface area contributed by atoms with Crippen LogP contribution in [0, 0.1) is 5.92 Å². The molecule has 0 aromatic carbocycles. The van der Waals surface area contributed by atoms with Crippen molar-refractivity contribution < 1.29 is 4.58 Å². The first-order chi connectivity index (χ1) is 6.77. The summed E-state index contributed by atoms with van der Waals surface area (Å²) in [5, 5.41) is 0. The summed E-state index contributed by atoms with van der Waals surface area (Å²) in [5.41, 5.74) is 0. The third kappa shape index (κ3) is 3.28. The zero-order valence-electron chi connectivity index (χ0n) is 9.87. The standard InChI is InChI=1S/C13H24N/c1-4-7-13(14-10-6-11-14)9-8-12(3)5-2/h6,10-13H,4-5,7-9H2,1-3H3/q+1. The lowest BCUT2D eigenvalue weighted by Gasteiger charge is -2.16. The molecule has 0 spiro atoms. The maximum absolute atomic E-state index is 2.38. The van der Waals surface area contributed by atoms with Gasteiger partial charge in [-0.1, -0.05) is 27.2 Å². The van der Waals surface area contributed by atoms with E-state index in [-0.39, 0.29) is 0 Å². The van der Waals surface area contributed by atoms with Crippen molar-refractivity contribution in [1.29, 1.82) is 0 Å². The van der Waals surface area contributed by atoms with Crippen LogP contribution < -0.4 is 0 Å². The lowest BCUT2D eigenvalue weighted by atomic mass is 9.96. The molecule has 0 N–H and O–H groups in total. The van der Waals surface area contributed by atoms with Gasteiger partial charge in [0.1, 0.15) is 0 Å². The summed E-state index contributed by atoms with van der Waals surface area (Å²) in [6.07, 6.45) is 13.2. The SMILES string of the molecule is CCCC(CCC(C)CC)[N+]1=CC=C1. The van der Waals surface area contributed by atoms with E-state index in [1.807, 2.05) is 0 Å². The molecule has 1 aliphatic heterocycles. The molecule has 1 heteroatoms. The minimum atomic E-state index is 0.763. The predicted octanol–water partition coefficient (Wildman–Crippen LogP) is 3.59. The van der Waals surface area contributed by atoms with Crippen LogP contribution in [0.1, 0.15) is 52.9 Å². The number of rotatable bonds is 7. The van der Waals surface area contributed by atoms with Gasteiger partial charge in [-0.25, -0.2) is 4.58 Å². The van der Waals surface area contributed by atoms with Crippen LogP contribution in [-0.4, -0.2) is 16.8 Å². The summed E-state index contributed by atoms with van der Waals surface area (Å²) in [6, 6.07) is 0.763. The molecule has 0 aliphatic carbocycles. The monoisotopic (exact) mass is 194 g/mol. The molecule has 14 heavy (non-hydrogen) atoms. The molecule has 0 aromatic heterocycles. The Balaban J connectivity index is 2.28. The fourth-order valence-electron chi connectivity index (χ4n) is 1.89. The first kappa shape index (κ1) is 11.5. The number of hydrogen-bond donors (Lipinski definition) is 0. The first-order valence-electron chi connectivity index (χ1n) is 6.07. The second-order valence-corrected chi connectivity index (χ2v) is 4.47. The van der Waals surface area contributed by atoms with Crippen LogP contribution in [0.3, 0.4) is 0 Å². The largest absolute Gasteiger partial charge is 0.202 e. The van der Waals surface area contributed by atoms with Gasteiger partial charge in [-0.2, -0.15) is 0 Å². The van der Waals surface area contributed by atoms with Gasteiger partial charge < -0.3 is 0 Å². The average Bonchev–Trinajstić information content (AvgIpc) is 2.11. The summed E-state index contributed by atoms with van der Waals surface area (Å²) >= 11 is 0. The maximum atomic E-state index is 2.38. The van der Waals surface area contributed by atoms with Crippen LogP contribution in [0.15, 0.2) is 12.3 Å². The molecule has 0 saturated heterocycles.